The molecule has 144 valence electrons. The molecule has 0 aliphatic carbocycles. The molecule has 8 heteroatoms. The Morgan fingerprint density at radius 1 is 1.14 bits per heavy atom. The first-order valence-corrected chi connectivity index (χ1v) is 8.89. The Labute approximate surface area is 159 Å². The molecule has 7 nitrogen and oxygen atoms in total. The average molecular weight is 382 g/mol. The zero-order chi connectivity index (χ0) is 19.8. The smallest absolute Gasteiger partial charge is 0.341 e. The number of hydrogen-bond acceptors (Lipinski definition) is 5. The van der Waals surface area contributed by atoms with Crippen LogP contribution in [0.5, 0.6) is 0 Å². The molecule has 0 radical (unpaired) electrons. The van der Waals surface area contributed by atoms with Crippen molar-refractivity contribution in [3.63, 3.8) is 0 Å². The highest BCUT2D eigenvalue weighted by molar-refractivity contribution is 5.94. The van der Waals surface area contributed by atoms with Gasteiger partial charge in [-0.2, -0.15) is 0 Å². The Balaban J connectivity index is 2.01. The Kier molecular flexibility index (Phi) is 4.48. The van der Waals surface area contributed by atoms with E-state index in [9.17, 15) is 19.1 Å². The lowest BCUT2D eigenvalue weighted by Gasteiger charge is -2.30. The summed E-state index contributed by atoms with van der Waals surface area (Å²) in [5.41, 5.74) is 6.63. The molecular weight excluding hydrogens is 363 g/mol. The van der Waals surface area contributed by atoms with E-state index in [1.54, 1.807) is 34.9 Å². The number of benzene rings is 2. The molecular formula is C20H19FN4O3. The minimum absolute atomic E-state index is 0.0214. The summed E-state index contributed by atoms with van der Waals surface area (Å²) < 4.78 is 16.4. The Morgan fingerprint density at radius 2 is 1.82 bits per heavy atom. The van der Waals surface area contributed by atoms with Gasteiger partial charge in [0.1, 0.15) is 11.4 Å². The van der Waals surface area contributed by atoms with Crippen molar-refractivity contribution in [2.45, 2.75) is 0 Å². The molecule has 0 unspecified atom stereocenters. The molecule has 4 rings (SSSR count). The van der Waals surface area contributed by atoms with Gasteiger partial charge >= 0.3 is 5.97 Å². The molecule has 0 spiro atoms. The number of carboxylic acid groups (broad SMARTS) is 1. The molecule has 4 N–H and O–H groups in total. The third kappa shape index (κ3) is 3.07. The number of piperazine rings is 1. The molecule has 2 aromatic carbocycles. The van der Waals surface area contributed by atoms with E-state index in [1.165, 1.54) is 6.20 Å². The second-order valence-electron chi connectivity index (χ2n) is 6.70. The summed E-state index contributed by atoms with van der Waals surface area (Å²) in [5.74, 6) is -1.90. The van der Waals surface area contributed by atoms with E-state index in [1.807, 2.05) is 4.90 Å². The number of nitrogen functional groups attached to an aromatic ring is 1. The summed E-state index contributed by atoms with van der Waals surface area (Å²) in [5, 5.41) is 12.7. The highest BCUT2D eigenvalue weighted by Crippen LogP contribution is 2.27. The Hall–Kier alpha value is -3.39. The van der Waals surface area contributed by atoms with Crippen LogP contribution in [0.25, 0.3) is 16.6 Å². The number of hydrogen-bond donors (Lipinski definition) is 3. The maximum Gasteiger partial charge on any atom is 0.341 e. The first-order valence-electron chi connectivity index (χ1n) is 8.89. The zero-order valence-electron chi connectivity index (χ0n) is 15.0. The molecule has 0 bridgehead atoms. The number of aromatic nitrogens is 1. The highest BCUT2D eigenvalue weighted by Gasteiger charge is 2.20. The molecule has 1 aliphatic rings. The van der Waals surface area contributed by atoms with E-state index in [0.717, 1.165) is 19.2 Å². The van der Waals surface area contributed by atoms with Crippen molar-refractivity contribution >= 4 is 28.2 Å². The van der Waals surface area contributed by atoms with E-state index in [2.05, 4.69) is 5.32 Å². The van der Waals surface area contributed by atoms with E-state index >= 15 is 0 Å². The third-order valence-electron chi connectivity index (χ3n) is 4.93. The van der Waals surface area contributed by atoms with Crippen molar-refractivity contribution in [3.8, 4) is 5.69 Å². The minimum atomic E-state index is -1.36. The molecule has 2 heterocycles. The van der Waals surface area contributed by atoms with Crippen molar-refractivity contribution in [1.29, 1.82) is 0 Å². The molecule has 1 aromatic heterocycles. The number of carboxylic acids is 1. The van der Waals surface area contributed by atoms with Crippen LogP contribution in [0.4, 0.5) is 15.8 Å². The number of anilines is 2. The van der Waals surface area contributed by atoms with E-state index in [4.69, 9.17) is 5.73 Å². The first kappa shape index (κ1) is 18.0. The van der Waals surface area contributed by atoms with Crippen LogP contribution >= 0.6 is 0 Å². The van der Waals surface area contributed by atoms with Crippen molar-refractivity contribution in [1.82, 2.24) is 9.88 Å². The third-order valence-corrected chi connectivity index (χ3v) is 4.93. The summed E-state index contributed by atoms with van der Waals surface area (Å²) in [6.07, 6.45) is 1.28. The van der Waals surface area contributed by atoms with E-state index in [0.29, 0.717) is 35.7 Å². The summed E-state index contributed by atoms with van der Waals surface area (Å²) in [7, 11) is 0. The Bertz CT molecular complexity index is 1120. The lowest BCUT2D eigenvalue weighted by molar-refractivity contribution is 0.0695. The number of aromatic carboxylic acids is 1. The molecule has 0 amide bonds. The quantitative estimate of drug-likeness (QED) is 0.598. The number of rotatable bonds is 3. The standard InChI is InChI=1S/C20H19FN4O3/c21-16-9-14-17(10-18(16)24-7-5-23-6-8-24)25(11-15(19(14)26)20(27)28)13-3-1-12(22)2-4-13/h1-4,9-11,23H,5-8,22H2,(H,27,28). The van der Waals surface area contributed by atoms with Crippen LogP contribution in [0.2, 0.25) is 0 Å². The first-order chi connectivity index (χ1) is 13.5. The van der Waals surface area contributed by atoms with Gasteiger partial charge in [-0.15, -0.1) is 0 Å². The fourth-order valence-electron chi connectivity index (χ4n) is 3.48. The largest absolute Gasteiger partial charge is 0.477 e. The van der Waals surface area contributed by atoms with Crippen LogP contribution in [-0.2, 0) is 0 Å². The fraction of sp³-hybridized carbons (Fsp3) is 0.200. The number of halogens is 1. The van der Waals surface area contributed by atoms with Gasteiger partial charge in [-0.25, -0.2) is 9.18 Å². The number of carbonyl (C=O) groups is 1. The molecule has 1 saturated heterocycles. The lowest BCUT2D eigenvalue weighted by atomic mass is 10.1. The Morgan fingerprint density at radius 3 is 2.46 bits per heavy atom. The second kappa shape index (κ2) is 6.97. The van der Waals surface area contributed by atoms with Crippen molar-refractivity contribution in [2.75, 3.05) is 36.8 Å². The summed E-state index contributed by atoms with van der Waals surface area (Å²) >= 11 is 0. The van der Waals surface area contributed by atoms with Gasteiger partial charge in [-0.1, -0.05) is 0 Å². The van der Waals surface area contributed by atoms with Crippen LogP contribution in [0.3, 0.4) is 0 Å². The average Bonchev–Trinajstić information content (AvgIpc) is 2.69. The van der Waals surface area contributed by atoms with Gasteiger partial charge in [0, 0.05) is 49.1 Å². The van der Waals surface area contributed by atoms with Crippen molar-refractivity contribution < 1.29 is 14.3 Å². The minimum Gasteiger partial charge on any atom is -0.477 e. The van der Waals surface area contributed by atoms with Gasteiger partial charge < -0.3 is 25.6 Å². The van der Waals surface area contributed by atoms with Crippen LogP contribution < -0.4 is 21.4 Å². The van der Waals surface area contributed by atoms with Crippen molar-refractivity contribution in [2.24, 2.45) is 0 Å². The van der Waals surface area contributed by atoms with Crippen molar-refractivity contribution in [3.05, 3.63) is 64.2 Å². The van der Waals surface area contributed by atoms with Crippen LogP contribution in [0.15, 0.2) is 47.4 Å². The van der Waals surface area contributed by atoms with Gasteiger partial charge in [0.2, 0.25) is 5.43 Å². The van der Waals surface area contributed by atoms with E-state index < -0.39 is 22.8 Å². The van der Waals surface area contributed by atoms with Gasteiger partial charge in [0.05, 0.1) is 11.2 Å². The fourth-order valence-corrected chi connectivity index (χ4v) is 3.48. The number of nitrogens with one attached hydrogen (secondary N) is 1. The normalized spacial score (nSPS) is 14.4. The summed E-state index contributed by atoms with van der Waals surface area (Å²) in [6.45, 7) is 2.75. The number of fused-ring (bicyclic) bond motifs is 1. The molecule has 0 saturated carbocycles. The number of pyridine rings is 1. The van der Waals surface area contributed by atoms with Crippen LogP contribution in [0, 0.1) is 5.82 Å². The van der Waals surface area contributed by atoms with Crippen LogP contribution in [0.1, 0.15) is 10.4 Å². The maximum atomic E-state index is 14.8. The molecule has 28 heavy (non-hydrogen) atoms. The second-order valence-corrected chi connectivity index (χ2v) is 6.70. The van der Waals surface area contributed by atoms with Gasteiger partial charge in [-0.3, -0.25) is 4.79 Å². The van der Waals surface area contributed by atoms with Gasteiger partial charge in [0.25, 0.3) is 0 Å². The molecule has 3 aromatic rings. The molecule has 1 aliphatic heterocycles. The van der Waals surface area contributed by atoms with Crippen LogP contribution in [-0.4, -0.2) is 41.8 Å². The monoisotopic (exact) mass is 382 g/mol. The lowest BCUT2D eigenvalue weighted by Crippen LogP contribution is -2.43. The summed E-state index contributed by atoms with van der Waals surface area (Å²) in [4.78, 5) is 26.1. The van der Waals surface area contributed by atoms with Gasteiger partial charge in [-0.05, 0) is 36.4 Å². The number of nitrogens with zero attached hydrogens (tertiary/aromatic N) is 2. The maximum absolute atomic E-state index is 14.8. The molecule has 1 fully saturated rings. The predicted molar refractivity (Wildman–Crippen MR) is 106 cm³/mol. The van der Waals surface area contributed by atoms with E-state index in [-0.39, 0.29) is 5.39 Å². The summed E-state index contributed by atoms with van der Waals surface area (Å²) in [6, 6.07) is 9.55. The predicted octanol–water partition coefficient (Wildman–Crippen LogP) is 1.82. The number of nitrogens with two attached hydrogens (primary N) is 1. The topological polar surface area (TPSA) is 101 Å². The SMILES string of the molecule is Nc1ccc(-n2cc(C(=O)O)c(=O)c3cc(F)c(N4CCNCC4)cc32)cc1. The highest BCUT2D eigenvalue weighted by atomic mass is 19.1. The zero-order valence-corrected chi connectivity index (χ0v) is 15.0. The van der Waals surface area contributed by atoms with Gasteiger partial charge in [0.15, 0.2) is 0 Å². The molecule has 0 atom stereocenters.